The first kappa shape index (κ1) is 27.3. The average Bonchev–Trinajstić information content (AvgIpc) is 3.62. The maximum atomic E-state index is 12.6. The number of cyclic esters (lactones) is 1. The van der Waals surface area contributed by atoms with Gasteiger partial charge in [-0.3, -0.25) is 0 Å². The summed E-state index contributed by atoms with van der Waals surface area (Å²) in [7, 11) is 0. The van der Waals surface area contributed by atoms with Crippen LogP contribution in [0.1, 0.15) is 77.6 Å². The fourth-order valence-electron chi connectivity index (χ4n) is 5.92. The topological polar surface area (TPSA) is 88.5 Å². The van der Waals surface area contributed by atoms with Gasteiger partial charge in [-0.05, 0) is 56.8 Å². The van der Waals surface area contributed by atoms with E-state index >= 15 is 0 Å². The van der Waals surface area contributed by atoms with E-state index in [2.05, 4.69) is 31.7 Å². The number of fused-ring (bicyclic) bond motifs is 3. The molecule has 0 radical (unpaired) electrons. The second-order valence-corrected chi connectivity index (χ2v) is 11.3. The minimum atomic E-state index is -0.918. The Balaban J connectivity index is 1.44. The molecule has 1 saturated carbocycles. The highest BCUT2D eigenvalue weighted by atomic mass is 16.6. The van der Waals surface area contributed by atoms with Gasteiger partial charge in [0.15, 0.2) is 0 Å². The lowest BCUT2D eigenvalue weighted by Crippen LogP contribution is -2.32. The number of hydrogen-bond acceptors (Lipinski definition) is 6. The molecule has 4 rings (SSSR count). The standard InChI is InChI=1S/C30H44O6/c1-20-16-21(2)18-26(32)30-28(36-30)19-27(25(31)15-14-22-8-4-3-5-9-22)35-29(33)13-7-11-23-10-6-12-24(17-20)34-23/h6-7,10,13-15,20,22-28,30-32H,2-5,8-9,11-12,16-19H2,1H3/t20-,23-,24-,25-,26-,27-,28-,30-/m0/s1. The SMILES string of the molecule is C=C1C[C@H](C)C[C@@H]2CC=C[C@@H](CC=CC(=O)O[C@H]([C@@H](O)C=CC3CCCCC3)C[C@@H]3O[C@H]3[C@@H](O)C1)O2. The minimum absolute atomic E-state index is 0.0654. The lowest BCUT2D eigenvalue weighted by molar-refractivity contribution is -0.148. The molecule has 6 nitrogen and oxygen atoms in total. The van der Waals surface area contributed by atoms with E-state index in [9.17, 15) is 15.0 Å². The highest BCUT2D eigenvalue weighted by Crippen LogP contribution is 2.35. The molecule has 2 bridgehead atoms. The Labute approximate surface area is 216 Å². The van der Waals surface area contributed by atoms with Crippen LogP contribution in [0.15, 0.2) is 48.6 Å². The van der Waals surface area contributed by atoms with Crippen molar-refractivity contribution in [3.05, 3.63) is 48.6 Å². The van der Waals surface area contributed by atoms with Crippen LogP contribution in [-0.2, 0) is 19.0 Å². The number of aliphatic hydroxyl groups excluding tert-OH is 2. The number of epoxide rings is 1. The third-order valence-corrected chi connectivity index (χ3v) is 7.88. The Morgan fingerprint density at radius 2 is 1.89 bits per heavy atom. The first-order chi connectivity index (χ1) is 17.4. The fraction of sp³-hybridized carbons (Fsp3) is 0.700. The van der Waals surface area contributed by atoms with Crippen LogP contribution in [0.3, 0.4) is 0 Å². The van der Waals surface area contributed by atoms with Gasteiger partial charge in [-0.2, -0.15) is 0 Å². The number of allylic oxidation sites excluding steroid dienone is 1. The largest absolute Gasteiger partial charge is 0.456 e. The molecular formula is C30H44O6. The van der Waals surface area contributed by atoms with Gasteiger partial charge in [-0.1, -0.05) is 68.7 Å². The number of esters is 1. The van der Waals surface area contributed by atoms with Gasteiger partial charge >= 0.3 is 5.97 Å². The van der Waals surface area contributed by atoms with Crippen LogP contribution in [0.4, 0.5) is 0 Å². The van der Waals surface area contributed by atoms with Gasteiger partial charge in [0, 0.05) is 12.5 Å². The Morgan fingerprint density at radius 1 is 1.08 bits per heavy atom. The predicted octanol–water partition coefficient (Wildman–Crippen LogP) is 4.95. The van der Waals surface area contributed by atoms with Crippen molar-refractivity contribution in [2.75, 3.05) is 0 Å². The Morgan fingerprint density at radius 3 is 2.69 bits per heavy atom. The molecule has 8 atom stereocenters. The molecule has 3 heterocycles. The Hall–Kier alpha value is -1.73. The molecule has 200 valence electrons. The molecule has 0 aromatic rings. The van der Waals surface area contributed by atoms with Crippen LogP contribution in [-0.4, -0.2) is 58.9 Å². The minimum Gasteiger partial charge on any atom is -0.456 e. The molecule has 0 spiro atoms. The molecule has 0 unspecified atom stereocenters. The van der Waals surface area contributed by atoms with E-state index in [4.69, 9.17) is 14.2 Å². The summed E-state index contributed by atoms with van der Waals surface area (Å²) in [5.74, 6) is 0.385. The fourth-order valence-corrected chi connectivity index (χ4v) is 5.92. The summed E-state index contributed by atoms with van der Waals surface area (Å²) >= 11 is 0. The number of carbonyl (C=O) groups excluding carboxylic acids is 1. The molecule has 3 aliphatic heterocycles. The van der Waals surface area contributed by atoms with E-state index in [1.807, 2.05) is 0 Å². The zero-order valence-corrected chi connectivity index (χ0v) is 21.7. The maximum absolute atomic E-state index is 12.6. The van der Waals surface area contributed by atoms with Crippen molar-refractivity contribution in [3.8, 4) is 0 Å². The first-order valence-corrected chi connectivity index (χ1v) is 13.9. The van der Waals surface area contributed by atoms with Gasteiger partial charge in [0.2, 0.25) is 0 Å². The van der Waals surface area contributed by atoms with Gasteiger partial charge < -0.3 is 24.4 Å². The molecule has 4 aliphatic rings. The van der Waals surface area contributed by atoms with Crippen molar-refractivity contribution >= 4 is 5.97 Å². The van der Waals surface area contributed by atoms with Crippen molar-refractivity contribution in [1.29, 1.82) is 0 Å². The normalized spacial score (nSPS) is 38.1. The molecule has 1 aliphatic carbocycles. The number of aliphatic hydroxyl groups is 2. The quantitative estimate of drug-likeness (QED) is 0.324. The molecule has 0 amide bonds. The van der Waals surface area contributed by atoms with Crippen LogP contribution in [0.2, 0.25) is 0 Å². The summed E-state index contributed by atoms with van der Waals surface area (Å²) in [4.78, 5) is 12.6. The van der Waals surface area contributed by atoms with E-state index in [1.165, 1.54) is 25.3 Å². The van der Waals surface area contributed by atoms with Crippen LogP contribution < -0.4 is 0 Å². The van der Waals surface area contributed by atoms with E-state index in [-0.39, 0.29) is 24.4 Å². The van der Waals surface area contributed by atoms with Crippen molar-refractivity contribution < 1.29 is 29.2 Å². The predicted molar refractivity (Wildman–Crippen MR) is 139 cm³/mol. The van der Waals surface area contributed by atoms with E-state index < -0.39 is 24.3 Å². The van der Waals surface area contributed by atoms with Gasteiger partial charge in [-0.15, -0.1) is 0 Å². The summed E-state index contributed by atoms with van der Waals surface area (Å²) in [6.07, 6.45) is 18.5. The van der Waals surface area contributed by atoms with Crippen molar-refractivity contribution in [1.82, 2.24) is 0 Å². The molecule has 1 saturated heterocycles. The number of hydrogen-bond donors (Lipinski definition) is 2. The summed E-state index contributed by atoms with van der Waals surface area (Å²) in [6, 6.07) is 0. The summed E-state index contributed by atoms with van der Waals surface area (Å²) in [5.41, 5.74) is 1.01. The highest BCUT2D eigenvalue weighted by molar-refractivity contribution is 5.82. The van der Waals surface area contributed by atoms with Crippen molar-refractivity contribution in [2.24, 2.45) is 11.8 Å². The third-order valence-electron chi connectivity index (χ3n) is 7.88. The third kappa shape index (κ3) is 8.41. The zero-order valence-electron chi connectivity index (χ0n) is 21.7. The van der Waals surface area contributed by atoms with Crippen molar-refractivity contribution in [3.63, 3.8) is 0 Å². The Kier molecular flexibility index (Phi) is 10.00. The summed E-state index contributed by atoms with van der Waals surface area (Å²) < 4.78 is 17.7. The molecule has 0 aromatic carbocycles. The second-order valence-electron chi connectivity index (χ2n) is 11.3. The monoisotopic (exact) mass is 500 g/mol. The maximum Gasteiger partial charge on any atom is 0.330 e. The number of ether oxygens (including phenoxy) is 3. The lowest BCUT2D eigenvalue weighted by atomic mass is 9.88. The number of carbonyl (C=O) groups is 1. The summed E-state index contributed by atoms with van der Waals surface area (Å²) in [6.45, 7) is 6.40. The van der Waals surface area contributed by atoms with Crippen LogP contribution in [0, 0.1) is 11.8 Å². The molecule has 2 N–H and O–H groups in total. The molecule has 36 heavy (non-hydrogen) atoms. The van der Waals surface area contributed by atoms with E-state index in [0.717, 1.165) is 37.7 Å². The second kappa shape index (κ2) is 13.2. The lowest BCUT2D eigenvalue weighted by Gasteiger charge is -2.28. The van der Waals surface area contributed by atoms with Gasteiger partial charge in [0.05, 0.1) is 24.4 Å². The zero-order chi connectivity index (χ0) is 25.5. The smallest absolute Gasteiger partial charge is 0.330 e. The average molecular weight is 501 g/mol. The molecule has 2 fully saturated rings. The van der Waals surface area contributed by atoms with E-state index in [0.29, 0.717) is 31.1 Å². The Bertz CT molecular complexity index is 825. The first-order valence-electron chi connectivity index (χ1n) is 13.9. The van der Waals surface area contributed by atoms with Gasteiger partial charge in [-0.25, -0.2) is 4.79 Å². The van der Waals surface area contributed by atoms with Crippen molar-refractivity contribution in [2.45, 2.75) is 120 Å². The van der Waals surface area contributed by atoms with Crippen LogP contribution in [0.5, 0.6) is 0 Å². The molecule has 0 aromatic heterocycles. The summed E-state index contributed by atoms with van der Waals surface area (Å²) in [5, 5.41) is 21.7. The van der Waals surface area contributed by atoms with E-state index in [1.54, 1.807) is 12.2 Å². The molecular weight excluding hydrogens is 456 g/mol. The van der Waals surface area contributed by atoms with Crippen LogP contribution in [0.25, 0.3) is 0 Å². The highest BCUT2D eigenvalue weighted by Gasteiger charge is 2.46. The van der Waals surface area contributed by atoms with Gasteiger partial charge in [0.25, 0.3) is 0 Å². The number of rotatable bonds is 3. The van der Waals surface area contributed by atoms with Gasteiger partial charge in [0.1, 0.15) is 18.3 Å². The molecule has 6 heteroatoms. The van der Waals surface area contributed by atoms with Crippen LogP contribution >= 0.6 is 0 Å².